The largest absolute Gasteiger partial charge is 0.501 e. The third-order valence-corrected chi connectivity index (χ3v) is 3.65. The van der Waals surface area contributed by atoms with E-state index in [0.29, 0.717) is 0 Å². The Morgan fingerprint density at radius 1 is 1.12 bits per heavy atom. The summed E-state index contributed by atoms with van der Waals surface area (Å²) >= 11 is 0. The summed E-state index contributed by atoms with van der Waals surface area (Å²) < 4.78 is 5.40. The molecule has 0 amide bonds. The van der Waals surface area contributed by atoms with Gasteiger partial charge < -0.3 is 4.74 Å². The standard InChI is InChI=1S/C15H19NO/c1-2-6-15-11-16(8-7-14(15)5-1)10-13-4-3-9-17-12-13/h1-2,5-6,12H,3-4,7-11H2. The number of ether oxygens (including phenoxy) is 1. The van der Waals surface area contributed by atoms with Crippen LogP contribution in [0.4, 0.5) is 0 Å². The second kappa shape index (κ2) is 4.92. The third-order valence-electron chi connectivity index (χ3n) is 3.65. The number of fused-ring (bicyclic) bond motifs is 1. The highest BCUT2D eigenvalue weighted by atomic mass is 16.5. The number of nitrogens with zero attached hydrogens (tertiary/aromatic N) is 1. The average molecular weight is 229 g/mol. The van der Waals surface area contributed by atoms with Crippen molar-refractivity contribution in [3.05, 3.63) is 47.2 Å². The topological polar surface area (TPSA) is 12.5 Å². The van der Waals surface area contributed by atoms with Crippen LogP contribution in [0.5, 0.6) is 0 Å². The molecule has 90 valence electrons. The molecule has 0 saturated heterocycles. The van der Waals surface area contributed by atoms with Crippen molar-refractivity contribution in [1.82, 2.24) is 4.90 Å². The summed E-state index contributed by atoms with van der Waals surface area (Å²) in [6, 6.07) is 8.81. The molecule has 0 fully saturated rings. The van der Waals surface area contributed by atoms with Gasteiger partial charge in [0.1, 0.15) is 0 Å². The van der Waals surface area contributed by atoms with E-state index in [2.05, 4.69) is 29.2 Å². The molecule has 2 aliphatic heterocycles. The number of rotatable bonds is 2. The van der Waals surface area contributed by atoms with Crippen molar-refractivity contribution in [1.29, 1.82) is 0 Å². The van der Waals surface area contributed by atoms with E-state index >= 15 is 0 Å². The molecule has 0 N–H and O–H groups in total. The van der Waals surface area contributed by atoms with E-state index in [1.807, 2.05) is 6.26 Å². The minimum Gasteiger partial charge on any atom is -0.501 e. The zero-order chi connectivity index (χ0) is 11.5. The van der Waals surface area contributed by atoms with Gasteiger partial charge in [-0.3, -0.25) is 4.90 Å². The molecule has 0 saturated carbocycles. The Morgan fingerprint density at radius 2 is 2.00 bits per heavy atom. The zero-order valence-electron chi connectivity index (χ0n) is 10.2. The summed E-state index contributed by atoms with van der Waals surface area (Å²) in [4.78, 5) is 2.53. The molecule has 0 spiro atoms. The van der Waals surface area contributed by atoms with Crippen LogP contribution in [0, 0.1) is 0 Å². The predicted molar refractivity (Wildman–Crippen MR) is 68.7 cm³/mol. The van der Waals surface area contributed by atoms with Crippen molar-refractivity contribution in [3.8, 4) is 0 Å². The highest BCUT2D eigenvalue weighted by Gasteiger charge is 2.17. The van der Waals surface area contributed by atoms with Crippen LogP contribution in [0.25, 0.3) is 0 Å². The van der Waals surface area contributed by atoms with E-state index in [4.69, 9.17) is 4.74 Å². The maximum Gasteiger partial charge on any atom is 0.0876 e. The molecule has 0 aromatic heterocycles. The van der Waals surface area contributed by atoms with Gasteiger partial charge in [-0.2, -0.15) is 0 Å². The molecule has 3 rings (SSSR count). The lowest BCUT2D eigenvalue weighted by Crippen LogP contribution is -2.32. The monoisotopic (exact) mass is 229 g/mol. The molecule has 1 aromatic rings. The Balaban J connectivity index is 1.66. The third kappa shape index (κ3) is 2.52. The minimum atomic E-state index is 0.895. The summed E-state index contributed by atoms with van der Waals surface area (Å²) in [6.45, 7) is 4.24. The van der Waals surface area contributed by atoms with Crippen LogP contribution >= 0.6 is 0 Å². The summed E-state index contributed by atoms with van der Waals surface area (Å²) in [7, 11) is 0. The van der Waals surface area contributed by atoms with Crippen LogP contribution in [-0.2, 0) is 17.7 Å². The highest BCUT2D eigenvalue weighted by Crippen LogP contribution is 2.21. The fourth-order valence-corrected chi connectivity index (χ4v) is 2.71. The molecule has 0 unspecified atom stereocenters. The Morgan fingerprint density at radius 3 is 2.82 bits per heavy atom. The molecule has 2 nitrogen and oxygen atoms in total. The van der Waals surface area contributed by atoms with Crippen molar-refractivity contribution < 1.29 is 4.74 Å². The van der Waals surface area contributed by atoms with Gasteiger partial charge in [0.25, 0.3) is 0 Å². The quantitative estimate of drug-likeness (QED) is 0.773. The Bertz CT molecular complexity index is 425. The molecule has 0 aliphatic carbocycles. The maximum absolute atomic E-state index is 5.40. The molecule has 2 aliphatic rings. The molecule has 0 atom stereocenters. The molecular weight excluding hydrogens is 210 g/mol. The van der Waals surface area contributed by atoms with E-state index in [0.717, 1.165) is 19.7 Å². The number of hydrogen-bond acceptors (Lipinski definition) is 2. The molecule has 2 heteroatoms. The lowest BCUT2D eigenvalue weighted by Gasteiger charge is -2.30. The summed E-state index contributed by atoms with van der Waals surface area (Å²) in [6.07, 6.45) is 5.54. The molecule has 17 heavy (non-hydrogen) atoms. The predicted octanol–water partition coefficient (Wildman–Crippen LogP) is 2.74. The van der Waals surface area contributed by atoms with Crippen molar-refractivity contribution in [2.24, 2.45) is 0 Å². The Labute approximate surface area is 103 Å². The second-order valence-electron chi connectivity index (χ2n) is 4.98. The summed E-state index contributed by atoms with van der Waals surface area (Å²) in [5.41, 5.74) is 4.48. The second-order valence-corrected chi connectivity index (χ2v) is 4.98. The van der Waals surface area contributed by atoms with Gasteiger partial charge >= 0.3 is 0 Å². The van der Waals surface area contributed by atoms with Crippen molar-refractivity contribution >= 4 is 0 Å². The van der Waals surface area contributed by atoms with Gasteiger partial charge in [0.2, 0.25) is 0 Å². The molecule has 0 bridgehead atoms. The average Bonchev–Trinajstić information content (AvgIpc) is 2.40. The number of benzene rings is 1. The van der Waals surface area contributed by atoms with Gasteiger partial charge in [-0.25, -0.2) is 0 Å². The van der Waals surface area contributed by atoms with Crippen LogP contribution in [0.1, 0.15) is 24.0 Å². The fraction of sp³-hybridized carbons (Fsp3) is 0.467. The van der Waals surface area contributed by atoms with Crippen LogP contribution < -0.4 is 0 Å². The van der Waals surface area contributed by atoms with E-state index in [9.17, 15) is 0 Å². The molecular formula is C15H19NO. The number of hydrogen-bond donors (Lipinski definition) is 0. The summed E-state index contributed by atoms with van der Waals surface area (Å²) in [5.74, 6) is 0. The smallest absolute Gasteiger partial charge is 0.0876 e. The normalized spacial score (nSPS) is 20.4. The van der Waals surface area contributed by atoms with Crippen molar-refractivity contribution in [2.45, 2.75) is 25.8 Å². The van der Waals surface area contributed by atoms with E-state index < -0.39 is 0 Å². The van der Waals surface area contributed by atoms with Crippen LogP contribution in [0.3, 0.4) is 0 Å². The minimum absolute atomic E-state index is 0.895. The van der Waals surface area contributed by atoms with Gasteiger partial charge in [0, 0.05) is 19.6 Å². The first-order valence-electron chi connectivity index (χ1n) is 6.50. The van der Waals surface area contributed by atoms with Gasteiger partial charge in [-0.05, 0) is 36.0 Å². The molecule has 2 heterocycles. The van der Waals surface area contributed by atoms with E-state index in [1.54, 1.807) is 0 Å². The first-order valence-corrected chi connectivity index (χ1v) is 6.50. The van der Waals surface area contributed by atoms with Crippen molar-refractivity contribution in [3.63, 3.8) is 0 Å². The first kappa shape index (κ1) is 10.8. The van der Waals surface area contributed by atoms with Crippen molar-refractivity contribution in [2.75, 3.05) is 19.7 Å². The van der Waals surface area contributed by atoms with E-state index in [-0.39, 0.29) is 0 Å². The Kier molecular flexibility index (Phi) is 3.14. The zero-order valence-corrected chi connectivity index (χ0v) is 10.2. The van der Waals surface area contributed by atoms with Gasteiger partial charge in [-0.15, -0.1) is 0 Å². The lowest BCUT2D eigenvalue weighted by molar-refractivity contribution is 0.208. The van der Waals surface area contributed by atoms with Gasteiger partial charge in [0.15, 0.2) is 0 Å². The lowest BCUT2D eigenvalue weighted by atomic mass is 9.99. The summed E-state index contributed by atoms with van der Waals surface area (Å²) in [5, 5.41) is 0. The SMILES string of the molecule is C1=C(CN2CCc3ccccc3C2)CCCO1. The van der Waals surface area contributed by atoms with Gasteiger partial charge in [0.05, 0.1) is 12.9 Å². The molecule has 0 radical (unpaired) electrons. The fourth-order valence-electron chi connectivity index (χ4n) is 2.71. The van der Waals surface area contributed by atoms with E-state index in [1.165, 1.54) is 42.5 Å². The van der Waals surface area contributed by atoms with Crippen LogP contribution in [0.2, 0.25) is 0 Å². The van der Waals surface area contributed by atoms with Crippen LogP contribution in [0.15, 0.2) is 36.1 Å². The molecule has 1 aromatic carbocycles. The highest BCUT2D eigenvalue weighted by molar-refractivity contribution is 5.29. The Hall–Kier alpha value is -1.28. The first-order chi connectivity index (χ1) is 8.42. The van der Waals surface area contributed by atoms with Gasteiger partial charge in [-0.1, -0.05) is 24.3 Å². The van der Waals surface area contributed by atoms with Crippen LogP contribution in [-0.4, -0.2) is 24.6 Å². The maximum atomic E-state index is 5.40.